The van der Waals surface area contributed by atoms with Crippen molar-refractivity contribution in [2.24, 2.45) is 0 Å². The second-order valence-electron chi connectivity index (χ2n) is 25.7. The Morgan fingerprint density at radius 2 is 0.353 bits per heavy atom. The number of aryl methyl sites for hydroxylation is 22. The zero-order valence-corrected chi connectivity index (χ0v) is 65.4. The van der Waals surface area contributed by atoms with Gasteiger partial charge in [0.05, 0.1) is 0 Å². The maximum Gasteiger partial charge on any atom is 0.161 e. The van der Waals surface area contributed by atoms with E-state index in [2.05, 4.69) is 128 Å². The smallest absolute Gasteiger partial charge is 0.161 e. The van der Waals surface area contributed by atoms with Crippen LogP contribution in [-0.4, -0.2) is 0 Å². The van der Waals surface area contributed by atoms with E-state index in [-0.39, 0.29) is 34.4 Å². The second kappa shape index (κ2) is 46.0. The largest absolute Gasteiger partial charge is 0.207 e. The average molecular weight is 1440 g/mol. The summed E-state index contributed by atoms with van der Waals surface area (Å²) in [6, 6.07) is 54.8. The lowest BCUT2D eigenvalue weighted by molar-refractivity contribution is 0.497. The lowest BCUT2D eigenvalue weighted by Gasteiger charge is -1.99. The maximum atomic E-state index is 12.6. The molecular formula is C90H102Cl2F10. The Kier molecular flexibility index (Phi) is 41.2. The molecule has 0 unspecified atom stereocenters. The van der Waals surface area contributed by atoms with Crippen molar-refractivity contribution in [3.63, 3.8) is 0 Å². The van der Waals surface area contributed by atoms with Crippen LogP contribution >= 0.6 is 23.2 Å². The molecule has 0 aliphatic rings. The fraction of sp³-hybridized carbons (Fsp3) is 0.267. The van der Waals surface area contributed by atoms with E-state index < -0.39 is 34.9 Å². The number of benzene rings is 11. The Morgan fingerprint density at radius 3 is 0.569 bits per heavy atom. The summed E-state index contributed by atoms with van der Waals surface area (Å²) >= 11 is 11.6. The van der Waals surface area contributed by atoms with E-state index in [1.54, 1.807) is 52.0 Å². The first-order valence-corrected chi connectivity index (χ1v) is 33.9. The first-order chi connectivity index (χ1) is 47.4. The Hall–Kier alpha value is -8.70. The standard InChI is InChI=1S/2C9H12.2C8H9Cl.4C8H8F2.2C8H9F.C8H10/c2*1-7-4-5-8(2)9(3)6-7;2*1-6-3-4-7(2)8(9)5-6;1-5-3-8(10)6(2)4-7(5)9;2*1-5-3-7(9)6(2)8(10)4-5;1-5-3-4-6(2)8(10)7(5)9;2*1-6-3-4-7(2)8(9)5-6;1-7-3-5-8(2)6-4-7/h2*4-6H,1-3H3;2*3-5H,1-2H3;4*3-4H,1-2H3;2*3-5H,1-2H3;3-6H,1-2H3. The van der Waals surface area contributed by atoms with Crippen molar-refractivity contribution in [3.05, 3.63) is 384 Å². The minimum atomic E-state index is -0.736. The fourth-order valence-electron chi connectivity index (χ4n) is 8.24. The van der Waals surface area contributed by atoms with Gasteiger partial charge in [0.1, 0.15) is 46.5 Å². The van der Waals surface area contributed by atoms with Crippen LogP contribution in [0.3, 0.4) is 0 Å². The molecule has 0 bridgehead atoms. The van der Waals surface area contributed by atoms with E-state index in [9.17, 15) is 43.9 Å². The molecule has 102 heavy (non-hydrogen) atoms. The van der Waals surface area contributed by atoms with Gasteiger partial charge in [0, 0.05) is 21.2 Å². The summed E-state index contributed by atoms with van der Waals surface area (Å²) in [5.41, 5.74) is 21.7. The van der Waals surface area contributed by atoms with Crippen LogP contribution in [-0.2, 0) is 0 Å². The molecule has 12 heteroatoms. The predicted octanol–water partition coefficient (Wildman–Crippen LogP) is 28.7. The summed E-state index contributed by atoms with van der Waals surface area (Å²) in [4.78, 5) is 0. The molecular weight excluding hydrogens is 1340 g/mol. The molecule has 0 aliphatic carbocycles. The molecule has 0 N–H and O–H groups in total. The van der Waals surface area contributed by atoms with Gasteiger partial charge in [-0.25, -0.2) is 43.9 Å². The zero-order chi connectivity index (χ0) is 78.0. The van der Waals surface area contributed by atoms with E-state index >= 15 is 0 Å². The van der Waals surface area contributed by atoms with Crippen molar-refractivity contribution >= 4 is 23.2 Å². The van der Waals surface area contributed by atoms with Gasteiger partial charge in [0.25, 0.3) is 0 Å². The Labute approximate surface area is 613 Å². The highest BCUT2D eigenvalue weighted by Gasteiger charge is 2.08. The lowest BCUT2D eigenvalue weighted by atomic mass is 10.1. The molecule has 546 valence electrons. The van der Waals surface area contributed by atoms with Crippen molar-refractivity contribution < 1.29 is 43.9 Å². The van der Waals surface area contributed by atoms with Gasteiger partial charge >= 0.3 is 0 Å². The summed E-state index contributed by atoms with van der Waals surface area (Å²) < 4.78 is 126. The van der Waals surface area contributed by atoms with E-state index in [4.69, 9.17) is 23.2 Å². The highest BCUT2D eigenvalue weighted by molar-refractivity contribution is 6.31. The van der Waals surface area contributed by atoms with Crippen molar-refractivity contribution in [1.29, 1.82) is 0 Å². The average Bonchev–Trinajstić information content (AvgIpc) is 0.879. The van der Waals surface area contributed by atoms with Crippen LogP contribution in [0.25, 0.3) is 0 Å². The van der Waals surface area contributed by atoms with Gasteiger partial charge in [0.15, 0.2) is 11.6 Å². The van der Waals surface area contributed by atoms with Gasteiger partial charge in [-0.15, -0.1) is 0 Å². The van der Waals surface area contributed by atoms with E-state index in [0.29, 0.717) is 44.5 Å². The van der Waals surface area contributed by atoms with Gasteiger partial charge in [-0.2, -0.15) is 0 Å². The van der Waals surface area contributed by atoms with Crippen LogP contribution < -0.4 is 0 Å². The molecule has 11 aromatic rings. The first kappa shape index (κ1) is 91.3. The Balaban J connectivity index is 0.000000561. The van der Waals surface area contributed by atoms with Crippen molar-refractivity contribution in [2.45, 2.75) is 166 Å². The minimum Gasteiger partial charge on any atom is -0.207 e. The monoisotopic (exact) mass is 1440 g/mol. The molecule has 0 amide bonds. The third-order valence-corrected chi connectivity index (χ3v) is 16.4. The van der Waals surface area contributed by atoms with E-state index in [1.165, 1.54) is 146 Å². The number of hydrogen-bond acceptors (Lipinski definition) is 0. The summed E-state index contributed by atoms with van der Waals surface area (Å²) in [5, 5.41) is 1.71. The van der Waals surface area contributed by atoms with Crippen molar-refractivity contribution in [1.82, 2.24) is 0 Å². The Bertz CT molecular complexity index is 3830. The van der Waals surface area contributed by atoms with Crippen LogP contribution in [0, 0.1) is 224 Å². The lowest BCUT2D eigenvalue weighted by Crippen LogP contribution is -1.91. The predicted molar refractivity (Wildman–Crippen MR) is 414 cm³/mol. The molecule has 0 aliphatic heterocycles. The van der Waals surface area contributed by atoms with Gasteiger partial charge in [0.2, 0.25) is 0 Å². The highest BCUT2D eigenvalue weighted by Crippen LogP contribution is 2.20. The van der Waals surface area contributed by atoms with Gasteiger partial charge in [-0.3, -0.25) is 0 Å². The third kappa shape index (κ3) is 35.8. The minimum absolute atomic E-state index is 0.0885. The molecule has 0 radical (unpaired) electrons. The van der Waals surface area contributed by atoms with Crippen LogP contribution in [0.1, 0.15) is 134 Å². The number of hydrogen-bond donors (Lipinski definition) is 0. The van der Waals surface area contributed by atoms with Crippen LogP contribution in [0.4, 0.5) is 43.9 Å². The SMILES string of the molecule is Cc1cc(F)c(C)c(F)c1.Cc1cc(F)c(C)c(F)c1.Cc1cc(F)c(C)cc1F.Cc1ccc(C)c(C)c1.Cc1ccc(C)c(C)c1.Cc1ccc(C)c(Cl)c1.Cc1ccc(C)c(Cl)c1.Cc1ccc(C)c(F)c1.Cc1ccc(C)c(F)c1.Cc1ccc(C)c(F)c1F.Cc1ccc(C)cc1. The van der Waals surface area contributed by atoms with E-state index in [1.807, 2.05) is 77.9 Å². The summed E-state index contributed by atoms with van der Waals surface area (Å²) in [7, 11) is 0. The molecule has 0 spiro atoms. The quantitative estimate of drug-likeness (QED) is 0.133. The number of halogens is 12. The summed E-state index contributed by atoms with van der Waals surface area (Å²) in [6.07, 6.45) is 0. The molecule has 11 aromatic carbocycles. The molecule has 11 rings (SSSR count). The molecule has 0 atom stereocenters. The molecule has 0 nitrogen and oxygen atoms in total. The van der Waals surface area contributed by atoms with Crippen molar-refractivity contribution in [3.8, 4) is 0 Å². The van der Waals surface area contributed by atoms with E-state index in [0.717, 1.165) is 32.3 Å². The molecule has 0 aromatic heterocycles. The van der Waals surface area contributed by atoms with Crippen LogP contribution in [0.15, 0.2) is 182 Å². The first-order valence-electron chi connectivity index (χ1n) is 33.1. The van der Waals surface area contributed by atoms with Crippen LogP contribution in [0.5, 0.6) is 0 Å². The molecule has 0 heterocycles. The van der Waals surface area contributed by atoms with Gasteiger partial charge < -0.3 is 0 Å². The maximum absolute atomic E-state index is 12.6. The molecule has 0 fully saturated rings. The van der Waals surface area contributed by atoms with Gasteiger partial charge in [-0.1, -0.05) is 167 Å². The fourth-order valence-corrected chi connectivity index (χ4v) is 8.71. The molecule has 0 saturated carbocycles. The highest BCUT2D eigenvalue weighted by atomic mass is 35.5. The van der Waals surface area contributed by atoms with Crippen LogP contribution in [0.2, 0.25) is 10.0 Å². The summed E-state index contributed by atoms with van der Waals surface area (Å²) in [6.45, 7) is 44.6. The third-order valence-electron chi connectivity index (χ3n) is 15.6. The normalized spacial score (nSPS) is 9.76. The van der Waals surface area contributed by atoms with Crippen molar-refractivity contribution in [2.75, 3.05) is 0 Å². The Morgan fingerprint density at radius 1 is 0.157 bits per heavy atom. The topological polar surface area (TPSA) is 0 Å². The molecule has 0 saturated heterocycles. The zero-order valence-electron chi connectivity index (χ0n) is 63.9. The second-order valence-corrected chi connectivity index (χ2v) is 26.5. The number of rotatable bonds is 0. The van der Waals surface area contributed by atoms with Gasteiger partial charge in [-0.05, 0) is 327 Å². The summed E-state index contributed by atoms with van der Waals surface area (Å²) in [5.74, 6) is -4.30.